The molecule has 1 amide bonds. The Balaban J connectivity index is 1.43. The Morgan fingerprint density at radius 1 is 1.08 bits per heavy atom. The maximum Gasteiger partial charge on any atom is 0.222 e. The van der Waals surface area contributed by atoms with E-state index in [1.54, 1.807) is 0 Å². The van der Waals surface area contributed by atoms with Crippen molar-refractivity contribution in [3.63, 3.8) is 0 Å². The van der Waals surface area contributed by atoms with E-state index in [2.05, 4.69) is 33.1 Å². The zero-order valence-electron chi connectivity index (χ0n) is 15.0. The van der Waals surface area contributed by atoms with Crippen molar-refractivity contribution in [1.82, 2.24) is 19.4 Å². The highest BCUT2D eigenvalue weighted by Crippen LogP contribution is 2.19. The van der Waals surface area contributed by atoms with Crippen LogP contribution >= 0.6 is 0 Å². The van der Waals surface area contributed by atoms with Crippen LogP contribution in [0.2, 0.25) is 0 Å². The van der Waals surface area contributed by atoms with E-state index in [1.165, 1.54) is 5.39 Å². The second kappa shape index (κ2) is 6.67. The second-order valence-electron chi connectivity index (χ2n) is 6.62. The minimum atomic E-state index is -0.138. The average Bonchev–Trinajstić information content (AvgIpc) is 3.22. The average molecular weight is 346 g/mol. The number of rotatable bonds is 5. The van der Waals surface area contributed by atoms with Gasteiger partial charge in [-0.15, -0.1) is 0 Å². The molecule has 4 rings (SSSR count). The van der Waals surface area contributed by atoms with Gasteiger partial charge in [0, 0.05) is 31.7 Å². The summed E-state index contributed by atoms with van der Waals surface area (Å²) in [6.07, 6.45) is 2.47. The number of carbonyl (C=O) groups excluding carboxylic acids is 1. The van der Waals surface area contributed by atoms with Crippen LogP contribution in [0.4, 0.5) is 0 Å². The summed E-state index contributed by atoms with van der Waals surface area (Å²) in [6, 6.07) is 18.2. The lowest BCUT2D eigenvalue weighted by atomic mass is 10.2. The summed E-state index contributed by atoms with van der Waals surface area (Å²) < 4.78 is 4.16. The van der Waals surface area contributed by atoms with Crippen LogP contribution in [-0.2, 0) is 18.4 Å². The molecule has 5 heteroatoms. The number of nitrogens with one attached hydrogen (secondary N) is 1. The van der Waals surface area contributed by atoms with Gasteiger partial charge in [0.25, 0.3) is 0 Å². The Morgan fingerprint density at radius 3 is 2.62 bits per heavy atom. The van der Waals surface area contributed by atoms with Crippen molar-refractivity contribution in [3.8, 4) is 0 Å². The van der Waals surface area contributed by atoms with E-state index in [1.807, 2.05) is 61.1 Å². The lowest BCUT2D eigenvalue weighted by molar-refractivity contribution is -0.122. The first-order valence-electron chi connectivity index (χ1n) is 8.88. The maximum absolute atomic E-state index is 12.4. The van der Waals surface area contributed by atoms with Crippen LogP contribution < -0.4 is 5.32 Å². The third-order valence-corrected chi connectivity index (χ3v) is 4.85. The number of imidazole rings is 1. The first-order chi connectivity index (χ1) is 12.6. The first kappa shape index (κ1) is 16.4. The van der Waals surface area contributed by atoms with Gasteiger partial charge in [0.05, 0.1) is 17.1 Å². The van der Waals surface area contributed by atoms with E-state index in [0.717, 1.165) is 22.4 Å². The number of aryl methyl sites for hydroxylation is 2. The summed E-state index contributed by atoms with van der Waals surface area (Å²) >= 11 is 0. The Morgan fingerprint density at radius 2 is 1.81 bits per heavy atom. The van der Waals surface area contributed by atoms with Gasteiger partial charge in [-0.3, -0.25) is 4.79 Å². The fraction of sp³-hybridized carbons (Fsp3) is 0.238. The van der Waals surface area contributed by atoms with Crippen LogP contribution in [0.25, 0.3) is 21.9 Å². The van der Waals surface area contributed by atoms with Crippen LogP contribution in [0.1, 0.15) is 25.2 Å². The summed E-state index contributed by atoms with van der Waals surface area (Å²) in [4.78, 5) is 17.1. The molecule has 2 aromatic carbocycles. The minimum absolute atomic E-state index is 0.0299. The molecule has 26 heavy (non-hydrogen) atoms. The zero-order valence-corrected chi connectivity index (χ0v) is 15.0. The molecule has 0 aliphatic heterocycles. The molecule has 132 valence electrons. The number of amides is 1. The van der Waals surface area contributed by atoms with E-state index >= 15 is 0 Å². The van der Waals surface area contributed by atoms with Crippen LogP contribution in [0.5, 0.6) is 0 Å². The topological polar surface area (TPSA) is 51.9 Å². The molecule has 0 radical (unpaired) electrons. The molecule has 1 N–H and O–H groups in total. The second-order valence-corrected chi connectivity index (χ2v) is 6.62. The standard InChI is InChI=1S/C21H22N4O/c1-15(21-23-17-8-4-6-10-19(17)24(21)2)22-20(26)12-14-25-13-11-16-7-3-5-9-18(16)25/h3-11,13,15H,12,14H2,1-2H3,(H,22,26). The van der Waals surface area contributed by atoms with Crippen molar-refractivity contribution < 1.29 is 4.79 Å². The molecule has 0 aliphatic rings. The number of hydrogen-bond donors (Lipinski definition) is 1. The van der Waals surface area contributed by atoms with E-state index < -0.39 is 0 Å². The molecule has 1 atom stereocenters. The maximum atomic E-state index is 12.4. The summed E-state index contributed by atoms with van der Waals surface area (Å²) in [6.45, 7) is 2.64. The van der Waals surface area contributed by atoms with Gasteiger partial charge in [0.15, 0.2) is 0 Å². The first-order valence-corrected chi connectivity index (χ1v) is 8.88. The molecule has 1 unspecified atom stereocenters. The number of fused-ring (bicyclic) bond motifs is 2. The van der Waals surface area contributed by atoms with Crippen molar-refractivity contribution in [3.05, 3.63) is 66.6 Å². The van der Waals surface area contributed by atoms with Gasteiger partial charge in [0.2, 0.25) is 5.91 Å². The number of para-hydroxylation sites is 3. The van der Waals surface area contributed by atoms with Crippen molar-refractivity contribution in [1.29, 1.82) is 0 Å². The quantitative estimate of drug-likeness (QED) is 0.598. The SMILES string of the molecule is CC(NC(=O)CCn1ccc2ccccc21)c1nc2ccccc2n1C. The lowest BCUT2D eigenvalue weighted by Gasteiger charge is -2.14. The monoisotopic (exact) mass is 346 g/mol. The minimum Gasteiger partial charge on any atom is -0.347 e. The highest BCUT2D eigenvalue weighted by Gasteiger charge is 2.16. The van der Waals surface area contributed by atoms with Gasteiger partial charge >= 0.3 is 0 Å². The number of benzene rings is 2. The largest absolute Gasteiger partial charge is 0.347 e. The molecule has 0 spiro atoms. The van der Waals surface area contributed by atoms with Crippen LogP contribution in [0, 0.1) is 0 Å². The van der Waals surface area contributed by atoms with Crippen LogP contribution in [0.15, 0.2) is 60.8 Å². The Kier molecular flexibility index (Phi) is 4.21. The summed E-state index contributed by atoms with van der Waals surface area (Å²) in [7, 11) is 1.99. The fourth-order valence-electron chi connectivity index (χ4n) is 3.49. The highest BCUT2D eigenvalue weighted by molar-refractivity contribution is 5.81. The molecular weight excluding hydrogens is 324 g/mol. The molecule has 0 aliphatic carbocycles. The highest BCUT2D eigenvalue weighted by atomic mass is 16.1. The van der Waals surface area contributed by atoms with E-state index in [-0.39, 0.29) is 11.9 Å². The molecule has 5 nitrogen and oxygen atoms in total. The van der Waals surface area contributed by atoms with Crippen molar-refractivity contribution in [2.45, 2.75) is 25.9 Å². The molecular formula is C21H22N4O. The van der Waals surface area contributed by atoms with Gasteiger partial charge < -0.3 is 14.5 Å². The van der Waals surface area contributed by atoms with Crippen molar-refractivity contribution in [2.24, 2.45) is 7.05 Å². The van der Waals surface area contributed by atoms with Crippen molar-refractivity contribution in [2.75, 3.05) is 0 Å². The van der Waals surface area contributed by atoms with Gasteiger partial charge in [0.1, 0.15) is 5.82 Å². The number of carbonyl (C=O) groups is 1. The summed E-state index contributed by atoms with van der Waals surface area (Å²) in [5, 5.41) is 4.27. The zero-order chi connectivity index (χ0) is 18.1. The van der Waals surface area contributed by atoms with Gasteiger partial charge in [-0.05, 0) is 36.6 Å². The molecule has 4 aromatic rings. The molecule has 2 heterocycles. The Hall–Kier alpha value is -3.08. The predicted molar refractivity (Wildman–Crippen MR) is 104 cm³/mol. The number of aromatic nitrogens is 3. The normalized spacial score (nSPS) is 12.5. The van der Waals surface area contributed by atoms with Crippen LogP contribution in [-0.4, -0.2) is 20.0 Å². The van der Waals surface area contributed by atoms with E-state index in [9.17, 15) is 4.79 Å². The smallest absolute Gasteiger partial charge is 0.222 e. The van der Waals surface area contributed by atoms with E-state index in [0.29, 0.717) is 13.0 Å². The van der Waals surface area contributed by atoms with E-state index in [4.69, 9.17) is 0 Å². The van der Waals surface area contributed by atoms with Gasteiger partial charge in [-0.2, -0.15) is 0 Å². The van der Waals surface area contributed by atoms with Crippen molar-refractivity contribution >= 4 is 27.8 Å². The Labute approximate surface area is 152 Å². The number of hydrogen-bond acceptors (Lipinski definition) is 2. The molecule has 0 saturated carbocycles. The summed E-state index contributed by atoms with van der Waals surface area (Å²) in [5.41, 5.74) is 3.18. The number of nitrogens with zero attached hydrogens (tertiary/aromatic N) is 3. The molecule has 0 saturated heterocycles. The third kappa shape index (κ3) is 2.96. The fourth-order valence-corrected chi connectivity index (χ4v) is 3.49. The molecule has 0 fully saturated rings. The predicted octanol–water partition coefficient (Wildman–Crippen LogP) is 3.80. The van der Waals surface area contributed by atoms with Gasteiger partial charge in [-0.25, -0.2) is 4.98 Å². The molecule has 0 bridgehead atoms. The lowest BCUT2D eigenvalue weighted by Crippen LogP contribution is -2.29. The third-order valence-electron chi connectivity index (χ3n) is 4.85. The Bertz CT molecular complexity index is 1080. The van der Waals surface area contributed by atoms with Crippen LogP contribution in [0.3, 0.4) is 0 Å². The van der Waals surface area contributed by atoms with Gasteiger partial charge in [-0.1, -0.05) is 30.3 Å². The molecule has 2 aromatic heterocycles. The summed E-state index contributed by atoms with van der Waals surface area (Å²) in [5.74, 6) is 0.897.